The Labute approximate surface area is 149 Å². The molecule has 1 aliphatic heterocycles. The van der Waals surface area contributed by atoms with Gasteiger partial charge in [-0.25, -0.2) is 0 Å². The van der Waals surface area contributed by atoms with Crippen molar-refractivity contribution >= 4 is 0 Å². The summed E-state index contributed by atoms with van der Waals surface area (Å²) >= 11 is 0. The second-order valence-electron chi connectivity index (χ2n) is 6.40. The van der Waals surface area contributed by atoms with E-state index in [1.165, 1.54) is 0 Å². The largest absolute Gasteiger partial charge is 0.374 e. The molecule has 3 rings (SSSR count). The zero-order chi connectivity index (χ0) is 17.5. The maximum Gasteiger partial charge on any atom is 0.162 e. The predicted molar refractivity (Wildman–Crippen MR) is 96.0 cm³/mol. The van der Waals surface area contributed by atoms with E-state index < -0.39 is 0 Å². The molecule has 0 aromatic heterocycles. The Morgan fingerprint density at radius 3 is 2.08 bits per heavy atom. The Balaban J connectivity index is 1.55. The van der Waals surface area contributed by atoms with Crippen LogP contribution in [0.5, 0.6) is 0 Å². The zero-order valence-corrected chi connectivity index (χ0v) is 14.8. The lowest BCUT2D eigenvalue weighted by Gasteiger charge is -2.21. The van der Waals surface area contributed by atoms with E-state index in [-0.39, 0.29) is 24.4 Å². The van der Waals surface area contributed by atoms with Gasteiger partial charge in [0.2, 0.25) is 0 Å². The summed E-state index contributed by atoms with van der Waals surface area (Å²) in [5.41, 5.74) is 2.30. The monoisotopic (exact) mass is 342 g/mol. The highest BCUT2D eigenvalue weighted by atomic mass is 16.7. The maximum absolute atomic E-state index is 6.16. The second kappa shape index (κ2) is 9.11. The first-order chi connectivity index (χ1) is 12.3. The summed E-state index contributed by atoms with van der Waals surface area (Å²) < 4.78 is 23.5. The van der Waals surface area contributed by atoms with Crippen molar-refractivity contribution < 1.29 is 18.9 Å². The first-order valence-electron chi connectivity index (χ1n) is 8.73. The first kappa shape index (κ1) is 18.1. The third kappa shape index (κ3) is 4.89. The molecular formula is C21H26O4. The molecule has 134 valence electrons. The molecule has 1 heterocycles. The van der Waals surface area contributed by atoms with Gasteiger partial charge in [-0.15, -0.1) is 0 Å². The van der Waals surface area contributed by atoms with Gasteiger partial charge in [0.25, 0.3) is 0 Å². The third-order valence-electron chi connectivity index (χ3n) is 4.53. The van der Waals surface area contributed by atoms with Crippen LogP contribution in [0, 0.1) is 5.92 Å². The summed E-state index contributed by atoms with van der Waals surface area (Å²) in [4.78, 5) is 0. The SMILES string of the molecule is COC1O[C@H](COCc2ccccc2)[C@@H](OCc2ccccc2)C1C. The number of hydrogen-bond acceptors (Lipinski definition) is 4. The van der Waals surface area contributed by atoms with Crippen LogP contribution >= 0.6 is 0 Å². The minimum Gasteiger partial charge on any atom is -0.374 e. The molecule has 0 saturated carbocycles. The smallest absolute Gasteiger partial charge is 0.162 e. The Morgan fingerprint density at radius 1 is 0.880 bits per heavy atom. The van der Waals surface area contributed by atoms with E-state index >= 15 is 0 Å². The summed E-state index contributed by atoms with van der Waals surface area (Å²) in [6, 6.07) is 20.3. The van der Waals surface area contributed by atoms with Gasteiger partial charge in [-0.2, -0.15) is 0 Å². The molecule has 25 heavy (non-hydrogen) atoms. The van der Waals surface area contributed by atoms with Gasteiger partial charge >= 0.3 is 0 Å². The molecule has 1 aliphatic rings. The highest BCUT2D eigenvalue weighted by Gasteiger charge is 2.43. The van der Waals surface area contributed by atoms with Crippen molar-refractivity contribution in [3.8, 4) is 0 Å². The van der Waals surface area contributed by atoms with Gasteiger partial charge in [-0.3, -0.25) is 0 Å². The topological polar surface area (TPSA) is 36.9 Å². The van der Waals surface area contributed by atoms with Crippen molar-refractivity contribution in [3.63, 3.8) is 0 Å². The number of benzene rings is 2. The van der Waals surface area contributed by atoms with Gasteiger partial charge in [-0.1, -0.05) is 67.6 Å². The maximum atomic E-state index is 6.16. The molecule has 0 spiro atoms. The molecule has 0 amide bonds. The number of rotatable bonds is 8. The van der Waals surface area contributed by atoms with Gasteiger partial charge in [-0.05, 0) is 11.1 Å². The zero-order valence-electron chi connectivity index (χ0n) is 14.8. The van der Waals surface area contributed by atoms with Crippen molar-refractivity contribution in [1.29, 1.82) is 0 Å². The van der Waals surface area contributed by atoms with Gasteiger partial charge in [0, 0.05) is 13.0 Å². The molecule has 2 unspecified atom stereocenters. The highest BCUT2D eigenvalue weighted by molar-refractivity contribution is 5.14. The Hall–Kier alpha value is -1.72. The van der Waals surface area contributed by atoms with Crippen molar-refractivity contribution in [2.24, 2.45) is 5.92 Å². The van der Waals surface area contributed by atoms with Gasteiger partial charge in [0.05, 0.1) is 25.9 Å². The molecule has 4 heteroatoms. The molecule has 1 saturated heterocycles. The highest BCUT2D eigenvalue weighted by Crippen LogP contribution is 2.30. The van der Waals surface area contributed by atoms with E-state index in [0.29, 0.717) is 19.8 Å². The average molecular weight is 342 g/mol. The standard InChI is InChI=1S/C21H26O4/c1-16-20(24-14-18-11-7-4-8-12-18)19(25-21(16)22-2)15-23-13-17-9-5-3-6-10-17/h3-12,16,19-21H,13-15H2,1-2H3/t16?,19-,20+,21?/m1/s1. The number of methoxy groups -OCH3 is 1. The van der Waals surface area contributed by atoms with E-state index in [2.05, 4.69) is 31.2 Å². The van der Waals surface area contributed by atoms with Crippen LogP contribution in [0.2, 0.25) is 0 Å². The summed E-state index contributed by atoms with van der Waals surface area (Å²) in [6.07, 6.45) is -0.445. The van der Waals surface area contributed by atoms with Crippen LogP contribution in [-0.2, 0) is 32.2 Å². The van der Waals surface area contributed by atoms with Crippen LogP contribution in [0.1, 0.15) is 18.1 Å². The lowest BCUT2D eigenvalue weighted by Crippen LogP contribution is -2.32. The van der Waals surface area contributed by atoms with Crippen molar-refractivity contribution in [2.45, 2.75) is 38.6 Å². The molecule has 4 nitrogen and oxygen atoms in total. The molecule has 2 aromatic carbocycles. The van der Waals surface area contributed by atoms with E-state index in [1.807, 2.05) is 36.4 Å². The van der Waals surface area contributed by atoms with Crippen LogP contribution in [0.25, 0.3) is 0 Å². The summed E-state index contributed by atoms with van der Waals surface area (Å²) in [6.45, 7) is 3.71. The molecule has 0 radical (unpaired) electrons. The van der Waals surface area contributed by atoms with Crippen LogP contribution in [0.3, 0.4) is 0 Å². The molecule has 0 N–H and O–H groups in total. The molecule has 0 aliphatic carbocycles. The lowest BCUT2D eigenvalue weighted by molar-refractivity contribution is -0.144. The molecule has 4 atom stereocenters. The van der Waals surface area contributed by atoms with Crippen LogP contribution in [0.4, 0.5) is 0 Å². The summed E-state index contributed by atoms with van der Waals surface area (Å²) in [5, 5.41) is 0. The Bertz CT molecular complexity index is 616. The quantitative estimate of drug-likeness (QED) is 0.731. The molecule has 1 fully saturated rings. The van der Waals surface area contributed by atoms with E-state index in [9.17, 15) is 0 Å². The molecular weight excluding hydrogens is 316 g/mol. The van der Waals surface area contributed by atoms with Gasteiger partial charge in [0.1, 0.15) is 6.10 Å². The van der Waals surface area contributed by atoms with E-state index in [1.54, 1.807) is 7.11 Å². The van der Waals surface area contributed by atoms with Crippen LogP contribution < -0.4 is 0 Å². The Kier molecular flexibility index (Phi) is 6.59. The van der Waals surface area contributed by atoms with Crippen LogP contribution in [0.15, 0.2) is 60.7 Å². The van der Waals surface area contributed by atoms with Gasteiger partial charge < -0.3 is 18.9 Å². The fourth-order valence-corrected chi connectivity index (χ4v) is 3.16. The average Bonchev–Trinajstić information content (AvgIpc) is 2.97. The summed E-state index contributed by atoms with van der Waals surface area (Å²) in [7, 11) is 1.67. The first-order valence-corrected chi connectivity index (χ1v) is 8.73. The lowest BCUT2D eigenvalue weighted by atomic mass is 10.0. The van der Waals surface area contributed by atoms with E-state index in [0.717, 1.165) is 11.1 Å². The third-order valence-corrected chi connectivity index (χ3v) is 4.53. The number of hydrogen-bond donors (Lipinski definition) is 0. The minimum atomic E-state index is -0.258. The second-order valence-corrected chi connectivity index (χ2v) is 6.40. The normalized spacial score (nSPS) is 26.0. The Morgan fingerprint density at radius 2 is 1.48 bits per heavy atom. The van der Waals surface area contributed by atoms with Gasteiger partial charge in [0.15, 0.2) is 6.29 Å². The fraction of sp³-hybridized carbons (Fsp3) is 0.429. The van der Waals surface area contributed by atoms with Crippen molar-refractivity contribution in [3.05, 3.63) is 71.8 Å². The predicted octanol–water partition coefficient (Wildman–Crippen LogP) is 3.80. The fourth-order valence-electron chi connectivity index (χ4n) is 3.16. The summed E-state index contributed by atoms with van der Waals surface area (Å²) in [5.74, 6) is 0.152. The molecule has 0 bridgehead atoms. The van der Waals surface area contributed by atoms with Crippen LogP contribution in [-0.4, -0.2) is 32.2 Å². The minimum absolute atomic E-state index is 0.0547. The molecule has 2 aromatic rings. The number of ether oxygens (including phenoxy) is 4. The van der Waals surface area contributed by atoms with Crippen molar-refractivity contribution in [2.75, 3.05) is 13.7 Å². The van der Waals surface area contributed by atoms with E-state index in [4.69, 9.17) is 18.9 Å². The van der Waals surface area contributed by atoms with Crippen molar-refractivity contribution in [1.82, 2.24) is 0 Å².